The van der Waals surface area contributed by atoms with Gasteiger partial charge in [0, 0.05) is 23.8 Å². The Morgan fingerprint density at radius 3 is 2.52 bits per heavy atom. The average molecular weight is 351 g/mol. The second-order valence-electron chi connectivity index (χ2n) is 5.34. The van der Waals surface area contributed by atoms with Gasteiger partial charge < -0.3 is 15.3 Å². The third-order valence-corrected chi connectivity index (χ3v) is 4.26. The van der Waals surface area contributed by atoms with Crippen molar-refractivity contribution >= 4 is 29.3 Å². The van der Waals surface area contributed by atoms with Crippen LogP contribution >= 0.6 is 11.6 Å². The Labute approximate surface area is 135 Å². The summed E-state index contributed by atoms with van der Waals surface area (Å²) in [5.41, 5.74) is 0.939. The largest absolute Gasteiger partial charge is 0.481 e. The summed E-state index contributed by atoms with van der Waals surface area (Å²) in [6, 6.07) is 3.98. The molecule has 0 saturated carbocycles. The van der Waals surface area contributed by atoms with Crippen molar-refractivity contribution < 1.29 is 27.9 Å². The number of alkyl halides is 3. The molecule has 1 aliphatic heterocycles. The highest BCUT2D eigenvalue weighted by atomic mass is 35.5. The van der Waals surface area contributed by atoms with E-state index in [2.05, 4.69) is 5.32 Å². The lowest BCUT2D eigenvalue weighted by Crippen LogP contribution is -2.35. The predicted octanol–water partition coefficient (Wildman–Crippen LogP) is 3.38. The molecule has 1 heterocycles. The molecular weight excluding hydrogens is 337 g/mol. The van der Waals surface area contributed by atoms with Gasteiger partial charge in [-0.3, -0.25) is 4.79 Å². The zero-order chi connectivity index (χ0) is 17.4. The molecule has 1 aliphatic rings. The van der Waals surface area contributed by atoms with E-state index in [4.69, 9.17) is 16.7 Å². The quantitative estimate of drug-likeness (QED) is 0.859. The number of hydrogen-bond donors (Lipinski definition) is 2. The Morgan fingerprint density at radius 2 is 2.00 bits per heavy atom. The fraction of sp³-hybridized carbons (Fsp3) is 0.429. The lowest BCUT2D eigenvalue weighted by atomic mass is 9.96. The van der Waals surface area contributed by atoms with Gasteiger partial charge in [-0.25, -0.2) is 4.79 Å². The first kappa shape index (κ1) is 17.4. The number of amides is 2. The predicted molar refractivity (Wildman–Crippen MR) is 77.5 cm³/mol. The van der Waals surface area contributed by atoms with Crippen LogP contribution in [-0.4, -0.2) is 41.3 Å². The van der Waals surface area contributed by atoms with E-state index in [1.54, 1.807) is 25.1 Å². The molecule has 1 aromatic carbocycles. The highest BCUT2D eigenvalue weighted by Crippen LogP contribution is 2.38. The van der Waals surface area contributed by atoms with Crippen molar-refractivity contribution in [3.8, 4) is 0 Å². The van der Waals surface area contributed by atoms with E-state index in [0.717, 1.165) is 4.90 Å². The van der Waals surface area contributed by atoms with Crippen LogP contribution in [0.1, 0.15) is 5.56 Å². The summed E-state index contributed by atoms with van der Waals surface area (Å²) in [6.45, 7) is 0.470. The number of benzene rings is 1. The lowest BCUT2D eigenvalue weighted by Gasteiger charge is -2.19. The van der Waals surface area contributed by atoms with Gasteiger partial charge in [-0.1, -0.05) is 17.7 Å². The second kappa shape index (κ2) is 6.27. The molecule has 9 heteroatoms. The first-order valence-corrected chi connectivity index (χ1v) is 7.09. The molecule has 0 spiro atoms. The zero-order valence-corrected chi connectivity index (χ0v) is 12.8. The minimum absolute atomic E-state index is 0.366. The number of hydrogen-bond acceptors (Lipinski definition) is 2. The van der Waals surface area contributed by atoms with Crippen LogP contribution in [-0.2, 0) is 4.79 Å². The second-order valence-corrected chi connectivity index (χ2v) is 5.75. The average Bonchev–Trinajstić information content (AvgIpc) is 2.89. The molecule has 5 nitrogen and oxygen atoms in total. The van der Waals surface area contributed by atoms with Crippen LogP contribution in [0.4, 0.5) is 23.7 Å². The van der Waals surface area contributed by atoms with Crippen LogP contribution < -0.4 is 5.32 Å². The first-order valence-electron chi connectivity index (χ1n) is 6.72. The molecule has 23 heavy (non-hydrogen) atoms. The van der Waals surface area contributed by atoms with Gasteiger partial charge in [0.15, 0.2) is 0 Å². The van der Waals surface area contributed by atoms with Crippen molar-refractivity contribution in [1.82, 2.24) is 4.90 Å². The smallest absolute Gasteiger partial charge is 0.394 e. The van der Waals surface area contributed by atoms with Crippen molar-refractivity contribution in [2.24, 2.45) is 11.8 Å². The number of urea groups is 1. The number of aliphatic carboxylic acids is 1. The van der Waals surface area contributed by atoms with E-state index in [1.807, 2.05) is 0 Å². The van der Waals surface area contributed by atoms with Crippen LogP contribution in [0, 0.1) is 18.8 Å². The fourth-order valence-electron chi connectivity index (χ4n) is 2.49. The maximum atomic E-state index is 12.9. The standard InChI is InChI=1S/C14H14ClF3N2O3/c1-7-10(15)3-2-4-11(7)19-13(23)20-5-8(12(21)22)9(6-20)14(16,17)18/h2-4,8-9H,5-6H2,1H3,(H,19,23)(H,21,22)/t8-,9-/m1/s1. The van der Waals surface area contributed by atoms with Gasteiger partial charge in [0.25, 0.3) is 0 Å². The van der Waals surface area contributed by atoms with Gasteiger partial charge in [0.1, 0.15) is 0 Å². The third kappa shape index (κ3) is 3.69. The number of rotatable bonds is 2. The Kier molecular flexibility index (Phi) is 4.74. The van der Waals surface area contributed by atoms with E-state index in [0.29, 0.717) is 16.3 Å². The fourth-order valence-corrected chi connectivity index (χ4v) is 2.66. The number of anilines is 1. The number of likely N-dealkylation sites (tertiary alicyclic amines) is 1. The number of halogens is 4. The van der Waals surface area contributed by atoms with E-state index >= 15 is 0 Å². The number of carbonyl (C=O) groups is 2. The monoisotopic (exact) mass is 350 g/mol. The van der Waals surface area contributed by atoms with Gasteiger partial charge in [-0.05, 0) is 24.6 Å². The van der Waals surface area contributed by atoms with Gasteiger partial charge in [-0.15, -0.1) is 0 Å². The number of nitrogens with zero attached hydrogens (tertiary/aromatic N) is 1. The van der Waals surface area contributed by atoms with Crippen LogP contribution in [0.5, 0.6) is 0 Å². The number of nitrogens with one attached hydrogen (secondary N) is 1. The summed E-state index contributed by atoms with van der Waals surface area (Å²) >= 11 is 5.91. The molecule has 2 rings (SSSR count). The number of carboxylic acids is 1. The minimum atomic E-state index is -4.68. The summed E-state index contributed by atoms with van der Waals surface area (Å²) < 4.78 is 38.7. The van der Waals surface area contributed by atoms with Crippen molar-refractivity contribution in [2.45, 2.75) is 13.1 Å². The van der Waals surface area contributed by atoms with Gasteiger partial charge in [0.2, 0.25) is 0 Å². The van der Waals surface area contributed by atoms with Crippen LogP contribution in [0.3, 0.4) is 0 Å². The molecule has 2 amide bonds. The van der Waals surface area contributed by atoms with Gasteiger partial charge in [0.05, 0.1) is 11.8 Å². The Morgan fingerprint density at radius 1 is 1.35 bits per heavy atom. The van der Waals surface area contributed by atoms with E-state index in [1.165, 1.54) is 0 Å². The van der Waals surface area contributed by atoms with Crippen LogP contribution in [0.15, 0.2) is 18.2 Å². The van der Waals surface area contributed by atoms with E-state index in [-0.39, 0.29) is 0 Å². The van der Waals surface area contributed by atoms with Crippen molar-refractivity contribution in [1.29, 1.82) is 0 Å². The number of carboxylic acid groups (broad SMARTS) is 1. The van der Waals surface area contributed by atoms with Crippen molar-refractivity contribution in [3.05, 3.63) is 28.8 Å². The number of carbonyl (C=O) groups excluding carboxylic acids is 1. The molecule has 0 bridgehead atoms. The minimum Gasteiger partial charge on any atom is -0.481 e. The lowest BCUT2D eigenvalue weighted by molar-refractivity contribution is -0.187. The molecule has 126 valence electrons. The van der Waals surface area contributed by atoms with Crippen LogP contribution in [0.2, 0.25) is 5.02 Å². The van der Waals surface area contributed by atoms with E-state index < -0.39 is 43.1 Å². The van der Waals surface area contributed by atoms with Crippen molar-refractivity contribution in [2.75, 3.05) is 18.4 Å². The third-order valence-electron chi connectivity index (χ3n) is 3.85. The SMILES string of the molecule is Cc1c(Cl)cccc1NC(=O)N1C[C@@H](C(F)(F)F)[C@H](C(=O)O)C1. The zero-order valence-electron chi connectivity index (χ0n) is 12.0. The summed E-state index contributed by atoms with van der Waals surface area (Å²) in [7, 11) is 0. The normalized spacial score (nSPS) is 21.3. The molecule has 1 saturated heterocycles. The Bertz CT molecular complexity index is 636. The van der Waals surface area contributed by atoms with Gasteiger partial charge in [-0.2, -0.15) is 13.2 Å². The highest BCUT2D eigenvalue weighted by molar-refractivity contribution is 6.31. The summed E-state index contributed by atoms with van der Waals surface area (Å²) in [6.07, 6.45) is -4.68. The van der Waals surface area contributed by atoms with Crippen LogP contribution in [0.25, 0.3) is 0 Å². The molecule has 0 radical (unpaired) electrons. The molecular formula is C14H14ClF3N2O3. The summed E-state index contributed by atoms with van der Waals surface area (Å²) in [4.78, 5) is 24.0. The van der Waals surface area contributed by atoms with Crippen molar-refractivity contribution in [3.63, 3.8) is 0 Å². The van der Waals surface area contributed by atoms with Gasteiger partial charge >= 0.3 is 18.2 Å². The molecule has 0 aromatic heterocycles. The Hall–Kier alpha value is -1.96. The molecule has 0 unspecified atom stereocenters. The Balaban J connectivity index is 2.15. The summed E-state index contributed by atoms with van der Waals surface area (Å²) in [5, 5.41) is 11.8. The molecule has 0 aliphatic carbocycles. The maximum Gasteiger partial charge on any atom is 0.394 e. The maximum absolute atomic E-state index is 12.9. The molecule has 2 N–H and O–H groups in total. The van der Waals surface area contributed by atoms with E-state index in [9.17, 15) is 22.8 Å². The highest BCUT2D eigenvalue weighted by Gasteiger charge is 2.53. The summed E-state index contributed by atoms with van der Waals surface area (Å²) in [5.74, 6) is -5.31. The first-order chi connectivity index (χ1) is 10.6. The topological polar surface area (TPSA) is 69.6 Å². The molecule has 1 fully saturated rings. The molecule has 2 atom stereocenters. The molecule has 1 aromatic rings.